The number of benzene rings is 1. The summed E-state index contributed by atoms with van der Waals surface area (Å²) >= 11 is 0. The number of rotatable bonds is 3. The average Bonchev–Trinajstić information content (AvgIpc) is 3.04. The Bertz CT molecular complexity index is 723. The lowest BCUT2D eigenvalue weighted by Gasteiger charge is -2.26. The van der Waals surface area contributed by atoms with E-state index in [1.165, 1.54) is 11.1 Å². The van der Waals surface area contributed by atoms with E-state index in [0.717, 1.165) is 43.4 Å². The lowest BCUT2D eigenvalue weighted by molar-refractivity contribution is 0.0406. The van der Waals surface area contributed by atoms with Crippen LogP contribution in [0.5, 0.6) is 0 Å². The second-order valence-corrected chi connectivity index (χ2v) is 6.16. The summed E-state index contributed by atoms with van der Waals surface area (Å²) in [6.45, 7) is 1.14. The third-order valence-corrected chi connectivity index (χ3v) is 4.71. The summed E-state index contributed by atoms with van der Waals surface area (Å²) < 4.78 is 11.1. The van der Waals surface area contributed by atoms with E-state index in [-0.39, 0.29) is 12.0 Å². The van der Waals surface area contributed by atoms with Gasteiger partial charge in [0, 0.05) is 12.1 Å². The van der Waals surface area contributed by atoms with Crippen LogP contribution in [0.3, 0.4) is 0 Å². The van der Waals surface area contributed by atoms with Crippen molar-refractivity contribution in [3.8, 4) is 0 Å². The Labute approximate surface area is 135 Å². The number of carbonyl (C=O) groups is 1. The van der Waals surface area contributed by atoms with Crippen molar-refractivity contribution in [3.05, 3.63) is 52.4 Å². The lowest BCUT2D eigenvalue weighted by Crippen LogP contribution is -2.32. The molecule has 1 aromatic heterocycles. The SMILES string of the molecule is O=C(NC[C@@H]1OCCc2ccccc21)c1onc2c1CCCC2. The Hall–Kier alpha value is -2.14. The van der Waals surface area contributed by atoms with Gasteiger partial charge in [0.2, 0.25) is 5.76 Å². The highest BCUT2D eigenvalue weighted by atomic mass is 16.5. The van der Waals surface area contributed by atoms with E-state index >= 15 is 0 Å². The minimum Gasteiger partial charge on any atom is -0.371 e. The summed E-state index contributed by atoms with van der Waals surface area (Å²) in [6, 6.07) is 8.25. The number of carbonyl (C=O) groups excluding carboxylic acids is 1. The van der Waals surface area contributed by atoms with Gasteiger partial charge >= 0.3 is 0 Å². The van der Waals surface area contributed by atoms with E-state index in [0.29, 0.717) is 18.9 Å². The molecular weight excluding hydrogens is 292 g/mol. The minimum atomic E-state index is -0.188. The summed E-state index contributed by atoms with van der Waals surface area (Å²) in [5, 5.41) is 6.99. The summed E-state index contributed by atoms with van der Waals surface area (Å²) in [7, 11) is 0. The first-order valence-electron chi connectivity index (χ1n) is 8.28. The van der Waals surface area contributed by atoms with Crippen LogP contribution in [0.2, 0.25) is 0 Å². The first-order chi connectivity index (χ1) is 11.3. The molecule has 2 heterocycles. The molecule has 4 rings (SSSR count). The molecule has 0 saturated carbocycles. The van der Waals surface area contributed by atoms with Gasteiger partial charge in [0.25, 0.3) is 5.91 Å². The third kappa shape index (κ3) is 2.77. The molecular formula is C18H20N2O3. The van der Waals surface area contributed by atoms with Crippen molar-refractivity contribution in [3.63, 3.8) is 0 Å². The second kappa shape index (κ2) is 6.16. The van der Waals surface area contributed by atoms with Crippen LogP contribution >= 0.6 is 0 Å². The topological polar surface area (TPSA) is 64.4 Å². The molecule has 5 nitrogen and oxygen atoms in total. The fraction of sp³-hybridized carbons (Fsp3) is 0.444. The van der Waals surface area contributed by atoms with Crippen LogP contribution in [0.25, 0.3) is 0 Å². The molecule has 0 fully saturated rings. The fourth-order valence-corrected chi connectivity index (χ4v) is 3.48. The largest absolute Gasteiger partial charge is 0.371 e. The Morgan fingerprint density at radius 1 is 1.22 bits per heavy atom. The second-order valence-electron chi connectivity index (χ2n) is 6.16. The highest BCUT2D eigenvalue weighted by Gasteiger charge is 2.26. The number of nitrogens with one attached hydrogen (secondary N) is 1. The number of nitrogens with zero attached hydrogens (tertiary/aromatic N) is 1. The van der Waals surface area contributed by atoms with Crippen molar-refractivity contribution in [1.82, 2.24) is 10.5 Å². The third-order valence-electron chi connectivity index (χ3n) is 4.71. The lowest BCUT2D eigenvalue weighted by atomic mass is 9.95. The maximum Gasteiger partial charge on any atom is 0.290 e. The number of hydrogen-bond donors (Lipinski definition) is 1. The summed E-state index contributed by atoms with van der Waals surface area (Å²) in [5.41, 5.74) is 4.40. The molecule has 0 saturated heterocycles. The van der Waals surface area contributed by atoms with Gasteiger partial charge in [0.15, 0.2) is 0 Å². The van der Waals surface area contributed by atoms with Crippen LogP contribution in [0, 0.1) is 0 Å². The molecule has 0 bridgehead atoms. The van der Waals surface area contributed by atoms with Gasteiger partial charge in [-0.05, 0) is 43.2 Å². The zero-order chi connectivity index (χ0) is 15.6. The maximum absolute atomic E-state index is 12.4. The highest BCUT2D eigenvalue weighted by Crippen LogP contribution is 2.27. The van der Waals surface area contributed by atoms with Gasteiger partial charge in [-0.2, -0.15) is 0 Å². The Balaban J connectivity index is 1.46. The molecule has 23 heavy (non-hydrogen) atoms. The molecule has 2 aromatic rings. The van der Waals surface area contributed by atoms with Crippen LogP contribution in [-0.4, -0.2) is 24.2 Å². The molecule has 120 valence electrons. The highest BCUT2D eigenvalue weighted by molar-refractivity contribution is 5.93. The van der Waals surface area contributed by atoms with Crippen LogP contribution in [0.1, 0.15) is 51.9 Å². The summed E-state index contributed by atoms with van der Waals surface area (Å²) in [5.74, 6) is 0.191. The van der Waals surface area contributed by atoms with Crippen molar-refractivity contribution in [2.75, 3.05) is 13.2 Å². The number of aryl methyl sites for hydroxylation is 1. The van der Waals surface area contributed by atoms with E-state index in [9.17, 15) is 4.79 Å². The first kappa shape index (κ1) is 14.5. The molecule has 0 unspecified atom stereocenters. The molecule has 1 aromatic carbocycles. The van der Waals surface area contributed by atoms with E-state index in [4.69, 9.17) is 9.26 Å². The van der Waals surface area contributed by atoms with Crippen LogP contribution < -0.4 is 5.32 Å². The molecule has 0 radical (unpaired) electrons. The minimum absolute atomic E-state index is 0.0948. The van der Waals surface area contributed by atoms with Gasteiger partial charge in [0.05, 0.1) is 12.3 Å². The zero-order valence-electron chi connectivity index (χ0n) is 13.0. The quantitative estimate of drug-likeness (QED) is 0.946. The smallest absolute Gasteiger partial charge is 0.290 e. The van der Waals surface area contributed by atoms with Gasteiger partial charge in [0.1, 0.15) is 6.10 Å². The predicted molar refractivity (Wildman–Crippen MR) is 84.3 cm³/mol. The predicted octanol–water partition coefficient (Wildman–Crippen LogP) is 2.60. The molecule has 2 aliphatic rings. The molecule has 1 aliphatic heterocycles. The molecule has 1 atom stereocenters. The van der Waals surface area contributed by atoms with Crippen LogP contribution in [0.15, 0.2) is 28.8 Å². The first-order valence-corrected chi connectivity index (χ1v) is 8.28. The Morgan fingerprint density at radius 2 is 2.09 bits per heavy atom. The normalized spacial score (nSPS) is 19.7. The fourth-order valence-electron chi connectivity index (χ4n) is 3.48. The van der Waals surface area contributed by atoms with Crippen LogP contribution in [-0.2, 0) is 24.0 Å². The van der Waals surface area contributed by atoms with E-state index < -0.39 is 0 Å². The number of hydrogen-bond acceptors (Lipinski definition) is 4. The summed E-state index contributed by atoms with van der Waals surface area (Å²) in [6.07, 6.45) is 4.83. The van der Waals surface area contributed by atoms with E-state index in [2.05, 4.69) is 22.6 Å². The van der Waals surface area contributed by atoms with Gasteiger partial charge in [-0.3, -0.25) is 4.79 Å². The Kier molecular flexibility index (Phi) is 3.87. The van der Waals surface area contributed by atoms with Gasteiger partial charge in [-0.1, -0.05) is 29.4 Å². The van der Waals surface area contributed by atoms with Crippen molar-refractivity contribution < 1.29 is 14.1 Å². The van der Waals surface area contributed by atoms with Crippen molar-refractivity contribution in [2.24, 2.45) is 0 Å². The molecule has 1 amide bonds. The number of fused-ring (bicyclic) bond motifs is 2. The molecule has 1 N–H and O–H groups in total. The molecule has 1 aliphatic carbocycles. The van der Waals surface area contributed by atoms with Crippen molar-refractivity contribution in [1.29, 1.82) is 0 Å². The van der Waals surface area contributed by atoms with E-state index in [1.807, 2.05) is 12.1 Å². The standard InChI is InChI=1S/C18H20N2O3/c21-18(17-14-7-3-4-8-15(14)20-23-17)19-11-16-13-6-2-1-5-12(13)9-10-22-16/h1-2,5-6,16H,3-4,7-11H2,(H,19,21)/t16-/m0/s1. The zero-order valence-corrected chi connectivity index (χ0v) is 13.0. The average molecular weight is 312 g/mol. The van der Waals surface area contributed by atoms with E-state index in [1.54, 1.807) is 0 Å². The monoisotopic (exact) mass is 312 g/mol. The summed E-state index contributed by atoms with van der Waals surface area (Å²) in [4.78, 5) is 12.4. The van der Waals surface area contributed by atoms with Gasteiger partial charge in [-0.15, -0.1) is 0 Å². The van der Waals surface area contributed by atoms with Crippen molar-refractivity contribution in [2.45, 2.75) is 38.2 Å². The Morgan fingerprint density at radius 3 is 3.04 bits per heavy atom. The van der Waals surface area contributed by atoms with Crippen molar-refractivity contribution >= 4 is 5.91 Å². The molecule has 5 heteroatoms. The number of aromatic nitrogens is 1. The molecule has 0 spiro atoms. The number of amides is 1. The van der Waals surface area contributed by atoms with Gasteiger partial charge in [-0.25, -0.2) is 0 Å². The van der Waals surface area contributed by atoms with Gasteiger partial charge < -0.3 is 14.6 Å². The maximum atomic E-state index is 12.4. The van der Waals surface area contributed by atoms with Crippen LogP contribution in [0.4, 0.5) is 0 Å². The number of ether oxygens (including phenoxy) is 1.